The van der Waals surface area contributed by atoms with Crippen LogP contribution < -0.4 is 0 Å². The van der Waals surface area contributed by atoms with Gasteiger partial charge in [0, 0.05) is 10.6 Å². The number of hydrogen-bond donors (Lipinski definition) is 3. The molecule has 0 radical (unpaired) electrons. The van der Waals surface area contributed by atoms with E-state index in [0.717, 1.165) is 0 Å². The Bertz CT molecular complexity index is 1200. The minimum absolute atomic E-state index is 0.00797. The third kappa shape index (κ3) is 3.65. The third-order valence-electron chi connectivity index (χ3n) is 4.42. The maximum atomic E-state index is 13.0. The molecule has 0 aliphatic heterocycles. The van der Waals surface area contributed by atoms with Gasteiger partial charge in [0.2, 0.25) is 0 Å². The maximum Gasteiger partial charge on any atom is 0.283 e. The van der Waals surface area contributed by atoms with Crippen molar-refractivity contribution in [1.82, 2.24) is 0 Å². The molecule has 0 fully saturated rings. The van der Waals surface area contributed by atoms with Crippen LogP contribution in [0.25, 0.3) is 0 Å². The fraction of sp³-hybridized carbons (Fsp3) is 0.0526. The summed E-state index contributed by atoms with van der Waals surface area (Å²) in [5.41, 5.74) is -0.464. The van der Waals surface area contributed by atoms with Gasteiger partial charge in [0.15, 0.2) is 4.75 Å². The molecule has 3 aromatic carbocycles. The number of benzene rings is 3. The summed E-state index contributed by atoms with van der Waals surface area (Å²) in [5, 5.41) is 20.1. The van der Waals surface area contributed by atoms with Crippen LogP contribution in [0.2, 0.25) is 20.1 Å². The molecule has 5 nitrogen and oxygen atoms in total. The van der Waals surface area contributed by atoms with E-state index in [1.807, 2.05) is 0 Å². The van der Waals surface area contributed by atoms with E-state index in [4.69, 9.17) is 46.4 Å². The van der Waals surface area contributed by atoms with Crippen molar-refractivity contribution in [3.05, 3.63) is 91.4 Å². The summed E-state index contributed by atoms with van der Waals surface area (Å²) >= 11 is 24.4. The van der Waals surface area contributed by atoms with Gasteiger partial charge in [0.1, 0.15) is 11.5 Å². The van der Waals surface area contributed by atoms with E-state index in [9.17, 15) is 23.2 Å². The van der Waals surface area contributed by atoms with Gasteiger partial charge in [-0.25, -0.2) is 0 Å². The van der Waals surface area contributed by atoms with E-state index in [0.29, 0.717) is 0 Å². The van der Waals surface area contributed by atoms with E-state index < -0.39 is 20.6 Å². The van der Waals surface area contributed by atoms with Gasteiger partial charge in [-0.2, -0.15) is 8.42 Å². The highest BCUT2D eigenvalue weighted by atomic mass is 35.5. The maximum absolute atomic E-state index is 13.0. The Morgan fingerprint density at radius 1 is 0.690 bits per heavy atom. The Morgan fingerprint density at radius 2 is 1.21 bits per heavy atom. The lowest BCUT2D eigenvalue weighted by molar-refractivity contribution is 0.440. The first kappa shape index (κ1) is 22.0. The van der Waals surface area contributed by atoms with Gasteiger partial charge in [-0.1, -0.05) is 64.6 Å². The molecule has 3 N–H and O–H groups in total. The van der Waals surface area contributed by atoms with Gasteiger partial charge in [-0.05, 0) is 47.5 Å². The molecular weight excluding hydrogens is 482 g/mol. The van der Waals surface area contributed by atoms with Crippen molar-refractivity contribution in [1.29, 1.82) is 0 Å². The van der Waals surface area contributed by atoms with Crippen molar-refractivity contribution in [2.24, 2.45) is 0 Å². The van der Waals surface area contributed by atoms with Crippen molar-refractivity contribution >= 4 is 56.5 Å². The number of hydrogen-bond acceptors (Lipinski definition) is 4. The summed E-state index contributed by atoms with van der Waals surface area (Å²) < 4.78 is 34.0. The average molecular weight is 494 g/mol. The van der Waals surface area contributed by atoms with E-state index >= 15 is 0 Å². The predicted molar refractivity (Wildman–Crippen MR) is 114 cm³/mol. The Morgan fingerprint density at radius 3 is 1.76 bits per heavy atom. The summed E-state index contributed by atoms with van der Waals surface area (Å²) in [4.78, 5) is 0. The quantitative estimate of drug-likeness (QED) is 0.311. The third-order valence-corrected chi connectivity index (χ3v) is 7.23. The molecule has 0 spiro atoms. The lowest BCUT2D eigenvalue weighted by Gasteiger charge is -2.34. The molecule has 0 saturated heterocycles. The fourth-order valence-electron chi connectivity index (χ4n) is 3.17. The zero-order valence-corrected chi connectivity index (χ0v) is 18.1. The Balaban J connectivity index is 2.61. The van der Waals surface area contributed by atoms with Crippen molar-refractivity contribution in [3.8, 4) is 11.5 Å². The van der Waals surface area contributed by atoms with Gasteiger partial charge >= 0.3 is 0 Å². The molecule has 0 aliphatic carbocycles. The molecular formula is C19H12Cl4O5S. The molecule has 10 heteroatoms. The second kappa shape index (κ2) is 7.87. The SMILES string of the molecule is O=S(=O)(O)C(c1ccc(O)cc1)(c1ccc(Cl)c(Cl)c1)c1c(Cl)ccc(Cl)c1O. The first-order valence-electron chi connectivity index (χ1n) is 7.89. The zero-order chi connectivity index (χ0) is 21.6. The van der Waals surface area contributed by atoms with Crippen LogP contribution >= 0.6 is 46.4 Å². The van der Waals surface area contributed by atoms with Crippen LogP contribution in [-0.2, 0) is 14.9 Å². The first-order valence-corrected chi connectivity index (χ1v) is 10.8. The Kier molecular flexibility index (Phi) is 5.98. The van der Waals surface area contributed by atoms with Crippen LogP contribution in [0.3, 0.4) is 0 Å². The van der Waals surface area contributed by atoms with Crippen LogP contribution in [-0.4, -0.2) is 23.2 Å². The minimum Gasteiger partial charge on any atom is -0.508 e. The molecule has 0 bridgehead atoms. The highest BCUT2D eigenvalue weighted by Crippen LogP contribution is 2.52. The lowest BCUT2D eigenvalue weighted by atomic mass is 9.83. The smallest absolute Gasteiger partial charge is 0.283 e. The van der Waals surface area contributed by atoms with Crippen LogP contribution in [0.1, 0.15) is 16.7 Å². The van der Waals surface area contributed by atoms with E-state index in [1.54, 1.807) is 0 Å². The molecule has 1 atom stereocenters. The van der Waals surface area contributed by atoms with Gasteiger partial charge in [-0.15, -0.1) is 0 Å². The van der Waals surface area contributed by atoms with Gasteiger partial charge in [0.05, 0.1) is 15.1 Å². The molecule has 3 rings (SSSR count). The molecule has 152 valence electrons. The summed E-state index contributed by atoms with van der Waals surface area (Å²) in [6.45, 7) is 0. The van der Waals surface area contributed by atoms with Crippen LogP contribution in [0, 0.1) is 0 Å². The van der Waals surface area contributed by atoms with E-state index in [2.05, 4.69) is 0 Å². The van der Waals surface area contributed by atoms with Gasteiger partial charge in [-0.3, -0.25) is 4.55 Å². The molecule has 0 amide bonds. The summed E-state index contributed by atoms with van der Waals surface area (Å²) in [6.07, 6.45) is 0. The first-order chi connectivity index (χ1) is 13.5. The minimum atomic E-state index is -5.08. The van der Waals surface area contributed by atoms with Crippen LogP contribution in [0.15, 0.2) is 54.6 Å². The van der Waals surface area contributed by atoms with Gasteiger partial charge in [0.25, 0.3) is 10.1 Å². The van der Waals surface area contributed by atoms with Crippen molar-refractivity contribution in [2.75, 3.05) is 0 Å². The topological polar surface area (TPSA) is 94.8 Å². The highest BCUT2D eigenvalue weighted by molar-refractivity contribution is 7.87. The molecule has 0 aromatic heterocycles. The average Bonchev–Trinajstić information content (AvgIpc) is 2.64. The van der Waals surface area contributed by atoms with Crippen molar-refractivity contribution in [2.45, 2.75) is 4.75 Å². The number of aromatic hydroxyl groups is 2. The largest absolute Gasteiger partial charge is 0.508 e. The van der Waals surface area contributed by atoms with Crippen LogP contribution in [0.4, 0.5) is 0 Å². The summed E-state index contributed by atoms with van der Waals surface area (Å²) in [7, 11) is -5.08. The Hall–Kier alpha value is -1.67. The molecule has 0 heterocycles. The number of phenols is 2. The zero-order valence-electron chi connectivity index (χ0n) is 14.3. The fourth-order valence-corrected chi connectivity index (χ4v) is 5.30. The molecule has 0 aliphatic rings. The van der Waals surface area contributed by atoms with Crippen molar-refractivity contribution in [3.63, 3.8) is 0 Å². The predicted octanol–water partition coefficient (Wildman–Crippen LogP) is 5.89. The molecule has 3 aromatic rings. The van der Waals surface area contributed by atoms with E-state index in [1.165, 1.54) is 54.6 Å². The normalized spacial score (nSPS) is 13.8. The number of halogens is 4. The van der Waals surface area contributed by atoms with Crippen LogP contribution in [0.5, 0.6) is 11.5 Å². The highest BCUT2D eigenvalue weighted by Gasteiger charge is 2.51. The van der Waals surface area contributed by atoms with Crippen molar-refractivity contribution < 1.29 is 23.2 Å². The monoisotopic (exact) mass is 492 g/mol. The Labute approximate surface area is 186 Å². The summed E-state index contributed by atoms with van der Waals surface area (Å²) in [5.74, 6) is -0.788. The number of phenolic OH excluding ortho intramolecular Hbond substituents is 2. The molecule has 1 unspecified atom stereocenters. The van der Waals surface area contributed by atoms with Gasteiger partial charge < -0.3 is 10.2 Å². The van der Waals surface area contributed by atoms with E-state index in [-0.39, 0.29) is 42.5 Å². The second-order valence-corrected chi connectivity index (χ2v) is 9.28. The lowest BCUT2D eigenvalue weighted by Crippen LogP contribution is -2.38. The summed E-state index contributed by atoms with van der Waals surface area (Å²) in [6, 6.07) is 11.5. The number of rotatable bonds is 4. The second-order valence-electron chi connectivity index (χ2n) is 6.08. The standard InChI is InChI=1S/C19H12Cl4O5S/c20-13-6-3-11(9-16(13)23)19(29(26,27)28,10-1-4-12(24)5-2-10)17-14(21)7-8-15(22)18(17)25/h1-9,24-25H,(H,26,27,28). The molecule has 0 saturated carbocycles. The molecule has 29 heavy (non-hydrogen) atoms.